The SMILES string of the molecule is CCCCCCCCOc1ccc(C(=O)Nc2ccccc2Oc2ccccc2)cc1. The van der Waals surface area contributed by atoms with Crippen LogP contribution in [0.2, 0.25) is 0 Å². The van der Waals surface area contributed by atoms with Crippen molar-refractivity contribution >= 4 is 11.6 Å². The quantitative estimate of drug-likeness (QED) is 0.311. The summed E-state index contributed by atoms with van der Waals surface area (Å²) >= 11 is 0. The Morgan fingerprint density at radius 1 is 0.742 bits per heavy atom. The molecule has 31 heavy (non-hydrogen) atoms. The first-order valence-electron chi connectivity index (χ1n) is 11.1. The zero-order valence-electron chi connectivity index (χ0n) is 18.2. The second-order valence-electron chi connectivity index (χ2n) is 7.51. The highest BCUT2D eigenvalue weighted by atomic mass is 16.5. The molecule has 0 aliphatic heterocycles. The van der Waals surface area contributed by atoms with Gasteiger partial charge in [0.15, 0.2) is 5.75 Å². The maximum absolute atomic E-state index is 12.7. The molecule has 0 bridgehead atoms. The minimum absolute atomic E-state index is 0.188. The van der Waals surface area contributed by atoms with Gasteiger partial charge in [0.05, 0.1) is 12.3 Å². The maximum Gasteiger partial charge on any atom is 0.255 e. The van der Waals surface area contributed by atoms with Gasteiger partial charge in [0.1, 0.15) is 11.5 Å². The molecule has 4 heteroatoms. The van der Waals surface area contributed by atoms with Crippen LogP contribution in [-0.4, -0.2) is 12.5 Å². The Bertz CT molecular complexity index is 923. The lowest BCUT2D eigenvalue weighted by Crippen LogP contribution is -2.12. The van der Waals surface area contributed by atoms with Gasteiger partial charge in [-0.2, -0.15) is 0 Å². The van der Waals surface area contributed by atoms with Gasteiger partial charge in [0, 0.05) is 5.56 Å². The lowest BCUT2D eigenvalue weighted by Gasteiger charge is -2.12. The summed E-state index contributed by atoms with van der Waals surface area (Å²) in [4.78, 5) is 12.7. The molecule has 0 saturated carbocycles. The van der Waals surface area contributed by atoms with Gasteiger partial charge in [-0.1, -0.05) is 69.4 Å². The zero-order valence-corrected chi connectivity index (χ0v) is 18.2. The summed E-state index contributed by atoms with van der Waals surface area (Å²) < 4.78 is 11.7. The van der Waals surface area contributed by atoms with E-state index < -0.39 is 0 Å². The molecule has 0 heterocycles. The van der Waals surface area contributed by atoms with Crippen molar-refractivity contribution in [2.45, 2.75) is 45.4 Å². The van der Waals surface area contributed by atoms with Crippen molar-refractivity contribution in [1.82, 2.24) is 0 Å². The third-order valence-electron chi connectivity index (χ3n) is 4.99. The Labute approximate surface area is 185 Å². The van der Waals surface area contributed by atoms with Gasteiger partial charge in [-0.25, -0.2) is 0 Å². The maximum atomic E-state index is 12.7. The van der Waals surface area contributed by atoms with Crippen LogP contribution in [0, 0.1) is 0 Å². The topological polar surface area (TPSA) is 47.6 Å². The molecule has 3 rings (SSSR count). The lowest BCUT2D eigenvalue weighted by molar-refractivity contribution is 0.102. The summed E-state index contributed by atoms with van der Waals surface area (Å²) in [5, 5.41) is 2.94. The van der Waals surface area contributed by atoms with E-state index in [2.05, 4.69) is 12.2 Å². The number of hydrogen-bond acceptors (Lipinski definition) is 3. The average molecular weight is 418 g/mol. The summed E-state index contributed by atoms with van der Waals surface area (Å²) in [5.74, 6) is 1.92. The highest BCUT2D eigenvalue weighted by molar-refractivity contribution is 6.05. The highest BCUT2D eigenvalue weighted by Crippen LogP contribution is 2.29. The molecule has 0 aromatic heterocycles. The van der Waals surface area contributed by atoms with E-state index in [1.807, 2.05) is 66.7 Å². The molecule has 0 aliphatic rings. The van der Waals surface area contributed by atoms with Crippen LogP contribution < -0.4 is 14.8 Å². The minimum Gasteiger partial charge on any atom is -0.494 e. The van der Waals surface area contributed by atoms with Crippen molar-refractivity contribution in [2.75, 3.05) is 11.9 Å². The first-order chi connectivity index (χ1) is 15.3. The van der Waals surface area contributed by atoms with Crippen molar-refractivity contribution in [2.24, 2.45) is 0 Å². The number of anilines is 1. The lowest BCUT2D eigenvalue weighted by atomic mass is 10.1. The summed E-state index contributed by atoms with van der Waals surface area (Å²) in [6, 6.07) is 24.2. The molecule has 4 nitrogen and oxygen atoms in total. The number of benzene rings is 3. The molecular weight excluding hydrogens is 386 g/mol. The van der Waals surface area contributed by atoms with E-state index in [9.17, 15) is 4.79 Å². The monoisotopic (exact) mass is 417 g/mol. The van der Waals surface area contributed by atoms with E-state index in [1.54, 1.807) is 12.1 Å². The Hall–Kier alpha value is -3.27. The van der Waals surface area contributed by atoms with Crippen LogP contribution in [0.4, 0.5) is 5.69 Å². The zero-order chi connectivity index (χ0) is 21.7. The molecule has 3 aromatic carbocycles. The fourth-order valence-electron chi connectivity index (χ4n) is 3.24. The van der Waals surface area contributed by atoms with E-state index in [4.69, 9.17) is 9.47 Å². The molecular formula is C27H31NO3. The van der Waals surface area contributed by atoms with Crippen LogP contribution in [0.1, 0.15) is 55.8 Å². The number of rotatable bonds is 12. The van der Waals surface area contributed by atoms with Gasteiger partial charge in [0.2, 0.25) is 0 Å². The van der Waals surface area contributed by atoms with Gasteiger partial charge in [-0.05, 0) is 55.0 Å². The van der Waals surface area contributed by atoms with Crippen molar-refractivity contribution in [1.29, 1.82) is 0 Å². The van der Waals surface area contributed by atoms with E-state index in [0.29, 0.717) is 23.6 Å². The van der Waals surface area contributed by atoms with Crippen LogP contribution >= 0.6 is 0 Å². The fraction of sp³-hybridized carbons (Fsp3) is 0.296. The predicted octanol–water partition coefficient (Wildman–Crippen LogP) is 7.47. The van der Waals surface area contributed by atoms with Gasteiger partial charge in [-0.15, -0.1) is 0 Å². The molecule has 0 aliphatic carbocycles. The molecule has 0 fully saturated rings. The Balaban J connectivity index is 1.51. The first kappa shape index (κ1) is 22.4. The van der Waals surface area contributed by atoms with Gasteiger partial charge >= 0.3 is 0 Å². The number of ether oxygens (including phenoxy) is 2. The molecule has 0 unspecified atom stereocenters. The van der Waals surface area contributed by atoms with Crippen molar-refractivity contribution < 1.29 is 14.3 Å². The number of nitrogens with one attached hydrogen (secondary N) is 1. The standard InChI is InChI=1S/C27H31NO3/c1-2-3-4-5-6-12-21-30-23-19-17-22(18-20-23)27(29)28-25-15-10-11-16-26(25)31-24-13-8-7-9-14-24/h7-11,13-20H,2-6,12,21H2,1H3,(H,28,29). The smallest absolute Gasteiger partial charge is 0.255 e. The van der Waals surface area contributed by atoms with Gasteiger partial charge < -0.3 is 14.8 Å². The van der Waals surface area contributed by atoms with Gasteiger partial charge in [-0.3, -0.25) is 4.79 Å². The molecule has 162 valence electrons. The van der Waals surface area contributed by atoms with E-state index in [-0.39, 0.29) is 5.91 Å². The van der Waals surface area contributed by atoms with E-state index in [1.165, 1.54) is 32.1 Å². The third-order valence-corrected chi connectivity index (χ3v) is 4.99. The number of hydrogen-bond donors (Lipinski definition) is 1. The van der Waals surface area contributed by atoms with Crippen LogP contribution in [0.5, 0.6) is 17.2 Å². The second-order valence-corrected chi connectivity index (χ2v) is 7.51. The summed E-state index contributed by atoms with van der Waals surface area (Å²) in [6.07, 6.45) is 7.41. The molecule has 1 amide bonds. The largest absolute Gasteiger partial charge is 0.494 e. The van der Waals surface area contributed by atoms with E-state index in [0.717, 1.165) is 17.9 Å². The summed E-state index contributed by atoms with van der Waals surface area (Å²) in [6.45, 7) is 2.94. The Morgan fingerprint density at radius 2 is 1.42 bits per heavy atom. The molecule has 0 radical (unpaired) electrons. The normalized spacial score (nSPS) is 10.5. The molecule has 3 aromatic rings. The number of para-hydroxylation sites is 3. The van der Waals surface area contributed by atoms with Crippen molar-refractivity contribution in [3.05, 3.63) is 84.4 Å². The third kappa shape index (κ3) is 7.49. The molecule has 0 spiro atoms. The van der Waals surface area contributed by atoms with Crippen LogP contribution in [0.25, 0.3) is 0 Å². The van der Waals surface area contributed by atoms with Crippen LogP contribution in [-0.2, 0) is 0 Å². The van der Waals surface area contributed by atoms with Crippen molar-refractivity contribution in [3.8, 4) is 17.2 Å². The summed E-state index contributed by atoms with van der Waals surface area (Å²) in [5.41, 5.74) is 1.20. The number of carbonyl (C=O) groups is 1. The highest BCUT2D eigenvalue weighted by Gasteiger charge is 2.10. The van der Waals surface area contributed by atoms with Crippen LogP contribution in [0.15, 0.2) is 78.9 Å². The predicted molar refractivity (Wildman–Crippen MR) is 126 cm³/mol. The number of amides is 1. The van der Waals surface area contributed by atoms with E-state index >= 15 is 0 Å². The van der Waals surface area contributed by atoms with Gasteiger partial charge in [0.25, 0.3) is 5.91 Å². The minimum atomic E-state index is -0.188. The Kier molecular flexibility index (Phi) is 8.99. The number of carbonyl (C=O) groups excluding carboxylic acids is 1. The average Bonchev–Trinajstić information content (AvgIpc) is 2.81. The first-order valence-corrected chi connectivity index (χ1v) is 11.1. The fourth-order valence-corrected chi connectivity index (χ4v) is 3.24. The summed E-state index contributed by atoms with van der Waals surface area (Å²) in [7, 11) is 0. The molecule has 0 saturated heterocycles. The molecule has 1 N–H and O–H groups in total. The second kappa shape index (κ2) is 12.4. The molecule has 0 atom stereocenters. The van der Waals surface area contributed by atoms with Crippen molar-refractivity contribution in [3.63, 3.8) is 0 Å². The van der Waals surface area contributed by atoms with Crippen LogP contribution in [0.3, 0.4) is 0 Å². The Morgan fingerprint density at radius 3 is 2.19 bits per heavy atom. The number of unbranched alkanes of at least 4 members (excludes halogenated alkanes) is 5.